The third-order valence-electron chi connectivity index (χ3n) is 3.58. The Bertz CT molecular complexity index is 521. The third kappa shape index (κ3) is 2.69. The van der Waals surface area contributed by atoms with Crippen LogP contribution in [0.5, 0.6) is 0 Å². The number of hydrogen-bond donors (Lipinski definition) is 2. The van der Waals surface area contributed by atoms with Crippen LogP contribution < -0.4 is 15.8 Å². The van der Waals surface area contributed by atoms with Crippen molar-refractivity contribution in [3.63, 3.8) is 0 Å². The molecule has 110 valence electrons. The number of hydrogen-bond acceptors (Lipinski definition) is 3. The molecule has 0 saturated heterocycles. The molecular formula is C12H14F3N3O2. The van der Waals surface area contributed by atoms with Crippen LogP contribution in [-0.4, -0.2) is 18.6 Å². The van der Waals surface area contributed by atoms with Crippen molar-refractivity contribution < 1.29 is 22.7 Å². The summed E-state index contributed by atoms with van der Waals surface area (Å²) in [6.45, 7) is -0.354. The fourth-order valence-corrected chi connectivity index (χ4v) is 2.27. The Kier molecular flexibility index (Phi) is 3.59. The van der Waals surface area contributed by atoms with E-state index in [-0.39, 0.29) is 19.5 Å². The van der Waals surface area contributed by atoms with Crippen molar-refractivity contribution in [1.82, 2.24) is 5.32 Å². The summed E-state index contributed by atoms with van der Waals surface area (Å²) in [4.78, 5) is 11.9. The number of carbonyl (C=O) groups excluding carboxylic acids is 1. The maximum absolute atomic E-state index is 12.6. The molecular weight excluding hydrogens is 275 g/mol. The van der Waals surface area contributed by atoms with Gasteiger partial charge in [0.25, 0.3) is 0 Å². The number of pyridine rings is 1. The van der Waals surface area contributed by atoms with Gasteiger partial charge in [0, 0.05) is 24.7 Å². The largest absolute Gasteiger partial charge is 0.619 e. The number of rotatable bonds is 4. The maximum Gasteiger partial charge on any atom is 0.392 e. The fourth-order valence-electron chi connectivity index (χ4n) is 2.27. The van der Waals surface area contributed by atoms with E-state index in [9.17, 15) is 23.2 Å². The van der Waals surface area contributed by atoms with Gasteiger partial charge in [-0.05, 0) is 12.5 Å². The van der Waals surface area contributed by atoms with Gasteiger partial charge in [0.05, 0.1) is 11.3 Å². The molecule has 0 spiro atoms. The van der Waals surface area contributed by atoms with Gasteiger partial charge in [-0.15, -0.1) is 0 Å². The van der Waals surface area contributed by atoms with Crippen LogP contribution in [0, 0.1) is 16.5 Å². The van der Waals surface area contributed by atoms with Crippen LogP contribution in [-0.2, 0) is 11.3 Å². The Morgan fingerprint density at radius 1 is 1.60 bits per heavy atom. The molecule has 3 N–H and O–H groups in total. The van der Waals surface area contributed by atoms with Gasteiger partial charge in [-0.3, -0.25) is 4.79 Å². The lowest BCUT2D eigenvalue weighted by molar-refractivity contribution is -0.605. The van der Waals surface area contributed by atoms with Crippen LogP contribution in [0.25, 0.3) is 0 Å². The number of nitrogens with one attached hydrogen (secondary N) is 1. The number of nitrogens with two attached hydrogens (primary N) is 1. The molecule has 0 aliphatic heterocycles. The number of amides is 1. The maximum atomic E-state index is 12.6. The molecule has 20 heavy (non-hydrogen) atoms. The molecule has 1 aliphatic carbocycles. The first kappa shape index (κ1) is 14.6. The van der Waals surface area contributed by atoms with Crippen LogP contribution >= 0.6 is 0 Å². The van der Waals surface area contributed by atoms with E-state index in [1.807, 2.05) is 0 Å². The van der Waals surface area contributed by atoms with Gasteiger partial charge < -0.3 is 16.3 Å². The summed E-state index contributed by atoms with van der Waals surface area (Å²) in [5.41, 5.74) is 4.29. The molecule has 5 nitrogen and oxygen atoms in total. The van der Waals surface area contributed by atoms with E-state index in [0.717, 1.165) is 0 Å². The van der Waals surface area contributed by atoms with Gasteiger partial charge in [-0.1, -0.05) is 0 Å². The topological polar surface area (TPSA) is 82.1 Å². The molecule has 0 aromatic carbocycles. The minimum absolute atomic E-state index is 0.00571. The molecule has 0 unspecified atom stereocenters. The molecule has 2 atom stereocenters. The number of nitrogens with zero attached hydrogens (tertiary/aromatic N) is 1. The summed E-state index contributed by atoms with van der Waals surface area (Å²) >= 11 is 0. The first-order valence-corrected chi connectivity index (χ1v) is 6.02. The first-order chi connectivity index (χ1) is 9.29. The number of aromatic nitrogens is 1. The minimum atomic E-state index is -4.42. The van der Waals surface area contributed by atoms with E-state index in [0.29, 0.717) is 10.3 Å². The van der Waals surface area contributed by atoms with E-state index in [1.165, 1.54) is 18.5 Å². The zero-order chi connectivity index (χ0) is 15.0. The lowest BCUT2D eigenvalue weighted by atomic mass is 10.0. The van der Waals surface area contributed by atoms with Gasteiger partial charge in [-0.2, -0.15) is 17.9 Å². The molecule has 1 fully saturated rings. The lowest BCUT2D eigenvalue weighted by Gasteiger charge is -2.16. The molecule has 1 amide bonds. The second-order valence-electron chi connectivity index (χ2n) is 4.91. The average molecular weight is 289 g/mol. The summed E-state index contributed by atoms with van der Waals surface area (Å²) in [6.07, 6.45) is -2.19. The van der Waals surface area contributed by atoms with E-state index in [1.54, 1.807) is 6.07 Å². The number of alkyl halides is 3. The van der Waals surface area contributed by atoms with Crippen molar-refractivity contribution >= 4 is 5.91 Å². The summed E-state index contributed by atoms with van der Waals surface area (Å²) in [5.74, 6) is -2.40. The van der Waals surface area contributed by atoms with Crippen LogP contribution in [0.15, 0.2) is 24.5 Å². The molecule has 1 heterocycles. The zero-order valence-electron chi connectivity index (χ0n) is 10.5. The standard InChI is InChI=1S/C12H14F3N3O2/c13-12(14,15)9-4-11(9,7-16)10(19)17-5-8-2-1-3-18(20)6-8/h1-3,6,9H,4-5,7,16H2,(H,17,19)/t9-,11+/m0/s1. The highest BCUT2D eigenvalue weighted by Gasteiger charge is 2.69. The first-order valence-electron chi connectivity index (χ1n) is 6.02. The molecule has 1 aromatic heterocycles. The third-order valence-corrected chi connectivity index (χ3v) is 3.58. The Morgan fingerprint density at radius 2 is 2.30 bits per heavy atom. The van der Waals surface area contributed by atoms with Crippen molar-refractivity contribution in [1.29, 1.82) is 0 Å². The van der Waals surface area contributed by atoms with Crippen molar-refractivity contribution in [2.24, 2.45) is 17.1 Å². The zero-order valence-corrected chi connectivity index (χ0v) is 10.5. The fraction of sp³-hybridized carbons (Fsp3) is 0.500. The molecule has 0 radical (unpaired) electrons. The molecule has 2 rings (SSSR count). The van der Waals surface area contributed by atoms with Crippen LogP contribution in [0.4, 0.5) is 13.2 Å². The van der Waals surface area contributed by atoms with E-state index in [4.69, 9.17) is 5.73 Å². The van der Waals surface area contributed by atoms with Gasteiger partial charge in [0.1, 0.15) is 0 Å². The minimum Gasteiger partial charge on any atom is -0.619 e. The van der Waals surface area contributed by atoms with Gasteiger partial charge in [-0.25, -0.2) is 0 Å². The highest BCUT2D eigenvalue weighted by Crippen LogP contribution is 2.59. The Labute approximate surface area is 113 Å². The average Bonchev–Trinajstić information content (AvgIpc) is 3.12. The van der Waals surface area contributed by atoms with E-state index < -0.39 is 23.4 Å². The second-order valence-corrected chi connectivity index (χ2v) is 4.91. The Hall–Kier alpha value is -1.83. The van der Waals surface area contributed by atoms with Crippen LogP contribution in [0.1, 0.15) is 12.0 Å². The van der Waals surface area contributed by atoms with Gasteiger partial charge in [0.2, 0.25) is 5.91 Å². The van der Waals surface area contributed by atoms with Crippen LogP contribution in [0.2, 0.25) is 0 Å². The van der Waals surface area contributed by atoms with Crippen LogP contribution in [0.3, 0.4) is 0 Å². The lowest BCUT2D eigenvalue weighted by Crippen LogP contribution is -2.40. The van der Waals surface area contributed by atoms with Crippen molar-refractivity contribution in [3.05, 3.63) is 35.3 Å². The van der Waals surface area contributed by atoms with Crippen molar-refractivity contribution in [2.45, 2.75) is 19.1 Å². The SMILES string of the molecule is NC[C@]1(C(=O)NCc2ccc[n+]([O-])c2)C[C@@H]1C(F)(F)F. The van der Waals surface area contributed by atoms with Gasteiger partial charge in [0.15, 0.2) is 12.4 Å². The molecule has 1 aliphatic rings. The quantitative estimate of drug-likeness (QED) is 0.624. The highest BCUT2D eigenvalue weighted by molar-refractivity contribution is 5.86. The summed E-state index contributed by atoms with van der Waals surface area (Å²) in [5, 5.41) is 13.4. The summed E-state index contributed by atoms with van der Waals surface area (Å²) in [7, 11) is 0. The molecule has 1 saturated carbocycles. The Morgan fingerprint density at radius 3 is 2.80 bits per heavy atom. The monoisotopic (exact) mass is 289 g/mol. The molecule has 8 heteroatoms. The second kappa shape index (κ2) is 4.93. The number of halogens is 3. The number of carbonyl (C=O) groups is 1. The Balaban J connectivity index is 1.99. The summed E-state index contributed by atoms with van der Waals surface area (Å²) < 4.78 is 38.4. The summed E-state index contributed by atoms with van der Waals surface area (Å²) in [6, 6.07) is 3.08. The van der Waals surface area contributed by atoms with E-state index >= 15 is 0 Å². The van der Waals surface area contributed by atoms with Crippen molar-refractivity contribution in [3.8, 4) is 0 Å². The van der Waals surface area contributed by atoms with Crippen molar-refractivity contribution in [2.75, 3.05) is 6.54 Å². The molecule has 1 aromatic rings. The molecule has 0 bridgehead atoms. The smallest absolute Gasteiger partial charge is 0.392 e. The predicted octanol–water partition coefficient (Wildman–Crippen LogP) is 0.463. The predicted molar refractivity (Wildman–Crippen MR) is 62.9 cm³/mol. The highest BCUT2D eigenvalue weighted by atomic mass is 19.4. The van der Waals surface area contributed by atoms with E-state index in [2.05, 4.69) is 5.32 Å². The van der Waals surface area contributed by atoms with Gasteiger partial charge >= 0.3 is 6.18 Å². The normalized spacial score (nSPS) is 25.3.